The van der Waals surface area contributed by atoms with Gasteiger partial charge in [0.2, 0.25) is 5.91 Å². The van der Waals surface area contributed by atoms with Crippen LogP contribution in [0, 0.1) is 22.6 Å². The fourth-order valence-corrected chi connectivity index (χ4v) is 4.86. The van der Waals surface area contributed by atoms with Gasteiger partial charge >= 0.3 is 0 Å². The maximum absolute atomic E-state index is 14.8. The average Bonchev–Trinajstić information content (AvgIpc) is 3.42. The summed E-state index contributed by atoms with van der Waals surface area (Å²) in [5.74, 6) is -0.563. The van der Waals surface area contributed by atoms with E-state index in [0.29, 0.717) is 63.5 Å². The number of nitrogens with one attached hydrogen (secondary N) is 3. The molecule has 3 aliphatic rings. The molecule has 1 atom stereocenters. The number of piperidine rings is 1. The molecule has 2 fully saturated rings. The smallest absolute Gasteiger partial charge is 0.258 e. The molecule has 2 saturated heterocycles. The minimum absolute atomic E-state index is 0.0468. The van der Waals surface area contributed by atoms with Crippen LogP contribution in [0.3, 0.4) is 0 Å². The van der Waals surface area contributed by atoms with Crippen molar-refractivity contribution in [3.05, 3.63) is 70.7 Å². The van der Waals surface area contributed by atoms with Gasteiger partial charge < -0.3 is 19.9 Å². The molecule has 0 bridgehead atoms. The topological polar surface area (TPSA) is 110 Å². The molecule has 9 heteroatoms. The van der Waals surface area contributed by atoms with Crippen LogP contribution in [0.5, 0.6) is 0 Å². The van der Waals surface area contributed by atoms with Gasteiger partial charge in [-0.3, -0.25) is 20.4 Å². The van der Waals surface area contributed by atoms with Gasteiger partial charge in [-0.15, -0.1) is 0 Å². The van der Waals surface area contributed by atoms with Crippen LogP contribution >= 0.6 is 0 Å². The van der Waals surface area contributed by atoms with E-state index in [2.05, 4.69) is 11.9 Å². The van der Waals surface area contributed by atoms with Crippen LogP contribution in [0.2, 0.25) is 0 Å². The molecule has 1 aromatic rings. The summed E-state index contributed by atoms with van der Waals surface area (Å²) in [5, 5.41) is 19.0. The van der Waals surface area contributed by atoms with E-state index in [1.807, 2.05) is 0 Å². The molecule has 3 aliphatic heterocycles. The summed E-state index contributed by atoms with van der Waals surface area (Å²) in [6, 6.07) is 2.92. The highest BCUT2D eigenvalue weighted by Crippen LogP contribution is 2.26. The van der Waals surface area contributed by atoms with E-state index in [0.717, 1.165) is 24.0 Å². The third-order valence-corrected chi connectivity index (χ3v) is 7.07. The first kappa shape index (κ1) is 26.5. The van der Waals surface area contributed by atoms with Crippen LogP contribution in [0.4, 0.5) is 4.39 Å². The molecular weight excluding hydrogens is 473 g/mol. The second-order valence-corrected chi connectivity index (χ2v) is 9.76. The number of carbonyl (C=O) groups is 2. The number of hydrogen-bond acceptors (Lipinski definition) is 5. The van der Waals surface area contributed by atoms with E-state index in [-0.39, 0.29) is 28.9 Å². The van der Waals surface area contributed by atoms with Crippen molar-refractivity contribution >= 4 is 23.5 Å². The zero-order chi connectivity index (χ0) is 26.5. The van der Waals surface area contributed by atoms with Crippen molar-refractivity contribution in [3.63, 3.8) is 0 Å². The van der Waals surface area contributed by atoms with Crippen molar-refractivity contribution in [2.45, 2.75) is 45.6 Å². The third kappa shape index (κ3) is 6.22. The molecule has 37 heavy (non-hydrogen) atoms. The largest absolute Gasteiger partial charge is 0.381 e. The first-order valence-electron chi connectivity index (χ1n) is 12.7. The van der Waals surface area contributed by atoms with E-state index in [1.54, 1.807) is 35.0 Å². The Hall–Kier alpha value is -3.59. The van der Waals surface area contributed by atoms with E-state index in [9.17, 15) is 14.0 Å². The SMILES string of the molecule is C=C(/C=C\C=C(/C)C(=N)N1CCCCC1=N)NC(=O)c1cc2c(cc1F)CCN(C(=O)C1CCOC1)C2. The second-order valence-electron chi connectivity index (χ2n) is 9.76. The Bertz CT molecular complexity index is 1180. The Labute approximate surface area is 216 Å². The van der Waals surface area contributed by atoms with Gasteiger partial charge in [0.1, 0.15) is 17.5 Å². The van der Waals surface area contributed by atoms with Gasteiger partial charge in [-0.2, -0.15) is 0 Å². The number of benzene rings is 1. The summed E-state index contributed by atoms with van der Waals surface area (Å²) >= 11 is 0. The molecule has 0 spiro atoms. The van der Waals surface area contributed by atoms with Gasteiger partial charge in [0.05, 0.1) is 18.1 Å². The molecule has 0 aliphatic carbocycles. The number of amides is 2. The number of ether oxygens (including phenoxy) is 1. The summed E-state index contributed by atoms with van der Waals surface area (Å²) in [6.07, 6.45) is 8.84. The third-order valence-electron chi connectivity index (χ3n) is 7.07. The predicted molar refractivity (Wildman–Crippen MR) is 140 cm³/mol. The highest BCUT2D eigenvalue weighted by atomic mass is 19.1. The van der Waals surface area contributed by atoms with Crippen LogP contribution in [0.15, 0.2) is 48.2 Å². The summed E-state index contributed by atoms with van der Waals surface area (Å²) in [7, 11) is 0. The lowest BCUT2D eigenvalue weighted by Gasteiger charge is -2.31. The Morgan fingerprint density at radius 3 is 2.76 bits per heavy atom. The monoisotopic (exact) mass is 507 g/mol. The number of fused-ring (bicyclic) bond motifs is 1. The van der Waals surface area contributed by atoms with Gasteiger partial charge in [0, 0.05) is 38.4 Å². The van der Waals surface area contributed by atoms with Gasteiger partial charge in [0.15, 0.2) is 0 Å². The quantitative estimate of drug-likeness (QED) is 0.308. The maximum Gasteiger partial charge on any atom is 0.258 e. The first-order chi connectivity index (χ1) is 17.7. The lowest BCUT2D eigenvalue weighted by atomic mass is 9.95. The van der Waals surface area contributed by atoms with Crippen molar-refractivity contribution in [2.75, 3.05) is 26.3 Å². The fourth-order valence-electron chi connectivity index (χ4n) is 4.86. The van der Waals surface area contributed by atoms with E-state index in [4.69, 9.17) is 15.6 Å². The standard InChI is InChI=1S/C28H34FN5O3/c1-18(26(31)34-11-4-3-8-25(34)30)6-5-7-19(2)32-27(35)23-14-22-16-33(12-9-20(22)15-24(23)29)28(36)21-10-13-37-17-21/h5-7,14-15,21,30-31H,2-4,8-13,16-17H2,1H3,(H,32,35)/b7-5-,18-6+,30-25?,31-26?. The molecule has 0 radical (unpaired) electrons. The summed E-state index contributed by atoms with van der Waals surface area (Å²) in [6.45, 7) is 8.19. The molecule has 4 rings (SSSR count). The van der Waals surface area contributed by atoms with Crippen LogP contribution in [0.25, 0.3) is 0 Å². The minimum atomic E-state index is -0.613. The zero-order valence-electron chi connectivity index (χ0n) is 21.2. The van der Waals surface area contributed by atoms with Crippen molar-refractivity contribution in [1.29, 1.82) is 10.8 Å². The first-order valence-corrected chi connectivity index (χ1v) is 12.7. The average molecular weight is 508 g/mol. The number of carbonyl (C=O) groups excluding carboxylic acids is 2. The zero-order valence-corrected chi connectivity index (χ0v) is 21.2. The van der Waals surface area contributed by atoms with Crippen molar-refractivity contribution in [3.8, 4) is 0 Å². The van der Waals surface area contributed by atoms with Crippen molar-refractivity contribution in [1.82, 2.24) is 15.1 Å². The molecule has 2 amide bonds. The van der Waals surface area contributed by atoms with Crippen LogP contribution < -0.4 is 5.32 Å². The predicted octanol–water partition coefficient (Wildman–Crippen LogP) is 3.93. The van der Waals surface area contributed by atoms with Gasteiger partial charge in [-0.05, 0) is 67.5 Å². The Morgan fingerprint density at radius 1 is 1.22 bits per heavy atom. The number of likely N-dealkylation sites (tertiary alicyclic amines) is 1. The molecule has 3 N–H and O–H groups in total. The van der Waals surface area contributed by atoms with E-state index < -0.39 is 11.7 Å². The van der Waals surface area contributed by atoms with Gasteiger partial charge in [-0.1, -0.05) is 18.7 Å². The molecule has 3 heterocycles. The number of hydrogen-bond donors (Lipinski definition) is 3. The van der Waals surface area contributed by atoms with Gasteiger partial charge in [0.25, 0.3) is 5.91 Å². The molecule has 0 aromatic heterocycles. The van der Waals surface area contributed by atoms with Crippen LogP contribution in [-0.4, -0.2) is 59.6 Å². The molecule has 8 nitrogen and oxygen atoms in total. The van der Waals surface area contributed by atoms with Gasteiger partial charge in [-0.25, -0.2) is 4.39 Å². The van der Waals surface area contributed by atoms with Crippen molar-refractivity contribution < 1.29 is 18.7 Å². The molecule has 1 unspecified atom stereocenters. The summed E-state index contributed by atoms with van der Waals surface area (Å²) in [5.41, 5.74) is 2.45. The maximum atomic E-state index is 14.8. The second kappa shape index (κ2) is 11.6. The minimum Gasteiger partial charge on any atom is -0.381 e. The Balaban J connectivity index is 1.37. The van der Waals surface area contributed by atoms with E-state index in [1.165, 1.54) is 12.1 Å². The number of allylic oxidation sites excluding steroid dienone is 3. The van der Waals surface area contributed by atoms with Crippen molar-refractivity contribution in [2.24, 2.45) is 5.92 Å². The lowest BCUT2D eigenvalue weighted by molar-refractivity contribution is -0.136. The highest BCUT2D eigenvalue weighted by Gasteiger charge is 2.31. The fraction of sp³-hybridized carbons (Fsp3) is 0.429. The summed E-state index contributed by atoms with van der Waals surface area (Å²) in [4.78, 5) is 29.1. The summed E-state index contributed by atoms with van der Waals surface area (Å²) < 4.78 is 20.1. The molecule has 1 aromatic carbocycles. The van der Waals surface area contributed by atoms with Crippen LogP contribution in [-0.2, 0) is 22.5 Å². The Morgan fingerprint density at radius 2 is 2.03 bits per heavy atom. The number of rotatable bonds is 6. The molecular formula is C28H34FN5O3. The lowest BCUT2D eigenvalue weighted by Crippen LogP contribution is -2.40. The van der Waals surface area contributed by atoms with Crippen LogP contribution in [0.1, 0.15) is 54.1 Å². The number of amidine groups is 2. The normalized spacial score (nSPS) is 20.2. The van der Waals surface area contributed by atoms with E-state index >= 15 is 0 Å². The number of halogens is 1. The Kier molecular flexibility index (Phi) is 8.33. The number of nitrogens with zero attached hydrogens (tertiary/aromatic N) is 2. The molecule has 0 saturated carbocycles. The molecule has 196 valence electrons. The highest BCUT2D eigenvalue weighted by molar-refractivity contribution is 6.06.